The molecule has 0 saturated heterocycles. The van der Waals surface area contributed by atoms with Crippen molar-refractivity contribution in [1.29, 1.82) is 0 Å². The average molecular weight is 380 g/mol. The molecule has 0 aliphatic carbocycles. The van der Waals surface area contributed by atoms with E-state index in [2.05, 4.69) is 6.92 Å². The molecule has 4 nitrogen and oxygen atoms in total. The summed E-state index contributed by atoms with van der Waals surface area (Å²) in [5.41, 5.74) is -0.664. The van der Waals surface area contributed by atoms with Crippen LogP contribution in [-0.2, 0) is 15.2 Å². The van der Waals surface area contributed by atoms with Crippen molar-refractivity contribution in [2.45, 2.75) is 77.2 Å². The molecule has 1 heterocycles. The first kappa shape index (κ1) is 20.9. The molecule has 0 bridgehead atoms. The first-order valence-corrected chi connectivity index (χ1v) is 10.1. The quantitative estimate of drug-likeness (QED) is 0.551. The van der Waals surface area contributed by atoms with Crippen molar-refractivity contribution >= 4 is 29.0 Å². The fraction of sp³-hybridized carbons (Fsp3) is 0.619. The lowest BCUT2D eigenvalue weighted by molar-refractivity contribution is -0.141. The molecular formula is C21H30ClNO3. The number of unbranched alkanes of at least 4 members (excludes halogenated alkanes) is 7. The Labute approximate surface area is 161 Å². The van der Waals surface area contributed by atoms with Gasteiger partial charge in [-0.05, 0) is 31.5 Å². The van der Waals surface area contributed by atoms with Crippen LogP contribution in [0.15, 0.2) is 18.2 Å². The van der Waals surface area contributed by atoms with E-state index in [4.69, 9.17) is 11.6 Å². The van der Waals surface area contributed by atoms with Crippen LogP contribution in [0.25, 0.3) is 0 Å². The van der Waals surface area contributed by atoms with E-state index >= 15 is 0 Å². The van der Waals surface area contributed by atoms with Crippen molar-refractivity contribution < 1.29 is 14.7 Å². The standard InChI is InChI=1S/C21H30ClNO3/c1-3-4-5-6-7-8-9-10-13-23-19-12-11-17(22)14-18(19)21(26,20(23)25)15-16(2)24/h11-12,14,26H,3-10,13,15H2,1-2H3. The van der Waals surface area contributed by atoms with Gasteiger partial charge in [0.05, 0.1) is 5.69 Å². The number of Topliss-reactive ketones (excluding diaryl/α,β-unsaturated/α-hetero) is 1. The number of hydrogen-bond donors (Lipinski definition) is 1. The summed E-state index contributed by atoms with van der Waals surface area (Å²) in [4.78, 5) is 26.1. The number of fused-ring (bicyclic) bond motifs is 1. The summed E-state index contributed by atoms with van der Waals surface area (Å²) in [7, 11) is 0. The highest BCUT2D eigenvalue weighted by Gasteiger charge is 2.50. The van der Waals surface area contributed by atoms with Crippen molar-refractivity contribution in [1.82, 2.24) is 0 Å². The van der Waals surface area contributed by atoms with E-state index in [1.54, 1.807) is 23.1 Å². The number of aliphatic hydroxyl groups is 1. The summed E-state index contributed by atoms with van der Waals surface area (Å²) in [5.74, 6) is -0.631. The van der Waals surface area contributed by atoms with Crippen LogP contribution in [0.1, 0.15) is 77.2 Å². The van der Waals surface area contributed by atoms with Crippen LogP contribution in [0.5, 0.6) is 0 Å². The largest absolute Gasteiger partial charge is 0.375 e. The summed E-state index contributed by atoms with van der Waals surface area (Å²) in [5, 5.41) is 11.4. The van der Waals surface area contributed by atoms with E-state index in [-0.39, 0.29) is 12.2 Å². The van der Waals surface area contributed by atoms with E-state index in [9.17, 15) is 14.7 Å². The van der Waals surface area contributed by atoms with Crippen LogP contribution in [0.2, 0.25) is 5.02 Å². The third kappa shape index (κ3) is 4.86. The molecule has 1 amide bonds. The van der Waals surface area contributed by atoms with Gasteiger partial charge < -0.3 is 10.0 Å². The topological polar surface area (TPSA) is 57.6 Å². The minimum atomic E-state index is -1.79. The zero-order valence-corrected chi connectivity index (χ0v) is 16.6. The highest BCUT2D eigenvalue weighted by molar-refractivity contribution is 6.31. The molecule has 1 aromatic carbocycles. The second kappa shape index (κ2) is 9.52. The van der Waals surface area contributed by atoms with Crippen LogP contribution in [-0.4, -0.2) is 23.3 Å². The molecule has 1 aliphatic rings. The fourth-order valence-electron chi connectivity index (χ4n) is 3.68. The maximum atomic E-state index is 12.8. The smallest absolute Gasteiger partial charge is 0.264 e. The Kier molecular flexibility index (Phi) is 7.66. The van der Waals surface area contributed by atoms with E-state index in [0.29, 0.717) is 22.8 Å². The number of benzene rings is 1. The predicted molar refractivity (Wildman–Crippen MR) is 106 cm³/mol. The van der Waals surface area contributed by atoms with E-state index in [0.717, 1.165) is 19.3 Å². The molecule has 1 atom stereocenters. The molecule has 0 radical (unpaired) electrons. The number of nitrogens with zero attached hydrogens (tertiary/aromatic N) is 1. The Hall–Kier alpha value is -1.39. The lowest BCUT2D eigenvalue weighted by atomic mass is 9.90. The van der Waals surface area contributed by atoms with Gasteiger partial charge in [-0.3, -0.25) is 9.59 Å². The number of anilines is 1. The minimum absolute atomic E-state index is 0.215. The van der Waals surface area contributed by atoms with Gasteiger partial charge in [0, 0.05) is 23.6 Å². The highest BCUT2D eigenvalue weighted by atomic mass is 35.5. The number of rotatable bonds is 11. The molecule has 1 aromatic rings. The Morgan fingerprint density at radius 2 is 1.73 bits per heavy atom. The van der Waals surface area contributed by atoms with Crippen LogP contribution in [0.3, 0.4) is 0 Å². The molecule has 0 fully saturated rings. The number of ketones is 1. The molecule has 0 aromatic heterocycles. The Morgan fingerprint density at radius 3 is 2.35 bits per heavy atom. The SMILES string of the molecule is CCCCCCCCCCN1C(=O)C(O)(CC(C)=O)c2cc(Cl)ccc21. The van der Waals surface area contributed by atoms with Gasteiger partial charge in [0.25, 0.3) is 5.91 Å². The second-order valence-electron chi connectivity index (χ2n) is 7.33. The zero-order valence-electron chi connectivity index (χ0n) is 15.9. The molecule has 26 heavy (non-hydrogen) atoms. The van der Waals surface area contributed by atoms with Crippen LogP contribution >= 0.6 is 11.6 Å². The predicted octanol–water partition coefficient (Wildman–Crippen LogP) is 4.99. The molecular weight excluding hydrogens is 350 g/mol. The number of carbonyl (C=O) groups is 2. The average Bonchev–Trinajstić information content (AvgIpc) is 2.78. The lowest BCUT2D eigenvalue weighted by Gasteiger charge is -2.22. The van der Waals surface area contributed by atoms with Gasteiger partial charge in [-0.2, -0.15) is 0 Å². The lowest BCUT2D eigenvalue weighted by Crippen LogP contribution is -2.41. The molecule has 2 rings (SSSR count). The van der Waals surface area contributed by atoms with Crippen molar-refractivity contribution in [2.24, 2.45) is 0 Å². The van der Waals surface area contributed by atoms with E-state index in [1.165, 1.54) is 39.0 Å². The molecule has 1 unspecified atom stereocenters. The Morgan fingerprint density at radius 1 is 1.12 bits per heavy atom. The maximum Gasteiger partial charge on any atom is 0.264 e. The van der Waals surface area contributed by atoms with Gasteiger partial charge in [-0.25, -0.2) is 0 Å². The minimum Gasteiger partial charge on any atom is -0.375 e. The molecule has 1 aliphatic heterocycles. The molecule has 0 spiro atoms. The monoisotopic (exact) mass is 379 g/mol. The molecule has 5 heteroatoms. The number of amides is 1. The normalized spacial score (nSPS) is 19.1. The fourth-order valence-corrected chi connectivity index (χ4v) is 3.85. The third-order valence-corrected chi connectivity index (χ3v) is 5.27. The molecule has 0 saturated carbocycles. The summed E-state index contributed by atoms with van der Waals surface area (Å²) < 4.78 is 0. The first-order valence-electron chi connectivity index (χ1n) is 9.74. The highest BCUT2D eigenvalue weighted by Crippen LogP contribution is 2.43. The number of halogens is 1. The van der Waals surface area contributed by atoms with Gasteiger partial charge in [-0.1, -0.05) is 63.5 Å². The number of hydrogen-bond acceptors (Lipinski definition) is 3. The van der Waals surface area contributed by atoms with Crippen LogP contribution in [0, 0.1) is 0 Å². The van der Waals surface area contributed by atoms with Crippen LogP contribution in [0.4, 0.5) is 5.69 Å². The summed E-state index contributed by atoms with van der Waals surface area (Å²) in [6.07, 6.45) is 9.25. The number of carbonyl (C=O) groups excluding carboxylic acids is 2. The van der Waals surface area contributed by atoms with Gasteiger partial charge in [0.1, 0.15) is 5.78 Å². The van der Waals surface area contributed by atoms with Crippen molar-refractivity contribution in [3.8, 4) is 0 Å². The van der Waals surface area contributed by atoms with E-state index in [1.807, 2.05) is 0 Å². The second-order valence-corrected chi connectivity index (χ2v) is 7.77. The molecule has 144 valence electrons. The first-order chi connectivity index (χ1) is 12.4. The molecule has 1 N–H and O–H groups in total. The van der Waals surface area contributed by atoms with Crippen molar-refractivity contribution in [3.63, 3.8) is 0 Å². The summed E-state index contributed by atoms with van der Waals surface area (Å²) >= 11 is 6.05. The van der Waals surface area contributed by atoms with Gasteiger partial charge >= 0.3 is 0 Å². The van der Waals surface area contributed by atoms with Gasteiger partial charge in [0.2, 0.25) is 0 Å². The van der Waals surface area contributed by atoms with E-state index < -0.39 is 11.5 Å². The zero-order chi connectivity index (χ0) is 19.2. The van der Waals surface area contributed by atoms with Crippen LogP contribution < -0.4 is 4.90 Å². The summed E-state index contributed by atoms with van der Waals surface area (Å²) in [6, 6.07) is 5.08. The maximum absolute atomic E-state index is 12.8. The third-order valence-electron chi connectivity index (χ3n) is 5.03. The van der Waals surface area contributed by atoms with Crippen molar-refractivity contribution in [3.05, 3.63) is 28.8 Å². The summed E-state index contributed by atoms with van der Waals surface area (Å²) in [6.45, 7) is 4.16. The van der Waals surface area contributed by atoms with Gasteiger partial charge in [-0.15, -0.1) is 0 Å². The van der Waals surface area contributed by atoms with Crippen molar-refractivity contribution in [2.75, 3.05) is 11.4 Å². The Bertz CT molecular complexity index is 646. The van der Waals surface area contributed by atoms with Gasteiger partial charge in [0.15, 0.2) is 5.60 Å². The Balaban J connectivity index is 1.97.